The molecule has 0 unspecified atom stereocenters. The third-order valence-electron chi connectivity index (χ3n) is 5.92. The van der Waals surface area contributed by atoms with E-state index in [1.165, 1.54) is 0 Å². The van der Waals surface area contributed by atoms with Crippen molar-refractivity contribution in [3.8, 4) is 0 Å². The van der Waals surface area contributed by atoms with E-state index in [0.29, 0.717) is 6.54 Å². The average Bonchev–Trinajstić information content (AvgIpc) is 2.75. The lowest BCUT2D eigenvalue weighted by atomic mass is 9.84. The number of hydrogen-bond acceptors (Lipinski definition) is 4. The second kappa shape index (κ2) is 8.25. The molecular formula is C23H28N4O2. The second-order valence-electron chi connectivity index (χ2n) is 7.88. The van der Waals surface area contributed by atoms with Crippen LogP contribution in [0.5, 0.6) is 0 Å². The Morgan fingerprint density at radius 1 is 1.10 bits per heavy atom. The van der Waals surface area contributed by atoms with Gasteiger partial charge in [0.1, 0.15) is 5.54 Å². The number of nitrogens with zero attached hydrogens (tertiary/aromatic N) is 1. The van der Waals surface area contributed by atoms with Gasteiger partial charge in [0.15, 0.2) is 0 Å². The molecule has 1 fully saturated rings. The number of fused-ring (bicyclic) bond motifs is 1. The molecule has 2 aliphatic rings. The highest BCUT2D eigenvalue weighted by molar-refractivity contribution is 6.08. The normalized spacial score (nSPS) is 18.7. The van der Waals surface area contributed by atoms with E-state index in [1.807, 2.05) is 61.5 Å². The lowest BCUT2D eigenvalue weighted by Gasteiger charge is -2.46. The summed E-state index contributed by atoms with van der Waals surface area (Å²) in [5.74, 6) is 0.0196. The first kappa shape index (κ1) is 19.5. The third kappa shape index (κ3) is 3.98. The van der Waals surface area contributed by atoms with Gasteiger partial charge in [-0.15, -0.1) is 0 Å². The van der Waals surface area contributed by atoms with Crippen LogP contribution in [0.15, 0.2) is 54.6 Å². The van der Waals surface area contributed by atoms with Crippen LogP contribution in [0.2, 0.25) is 0 Å². The minimum atomic E-state index is -0.576. The summed E-state index contributed by atoms with van der Waals surface area (Å²) in [6.07, 6.45) is 1.76. The zero-order chi connectivity index (χ0) is 20.3. The van der Waals surface area contributed by atoms with Gasteiger partial charge in [0.05, 0.1) is 17.4 Å². The van der Waals surface area contributed by atoms with Gasteiger partial charge < -0.3 is 20.9 Å². The van der Waals surface area contributed by atoms with Crippen LogP contribution < -0.4 is 20.9 Å². The summed E-state index contributed by atoms with van der Waals surface area (Å²) in [6.45, 7) is 3.97. The van der Waals surface area contributed by atoms with Crippen LogP contribution in [0.4, 0.5) is 11.4 Å². The predicted octanol–water partition coefficient (Wildman–Crippen LogP) is 2.83. The number of nitrogens with one attached hydrogen (secondary N) is 3. The molecule has 6 heteroatoms. The first-order valence-electron chi connectivity index (χ1n) is 10.3. The van der Waals surface area contributed by atoms with E-state index in [2.05, 4.69) is 16.0 Å². The van der Waals surface area contributed by atoms with Crippen LogP contribution in [0.3, 0.4) is 0 Å². The number of amides is 2. The highest BCUT2D eigenvalue weighted by Crippen LogP contribution is 2.38. The van der Waals surface area contributed by atoms with E-state index >= 15 is 0 Å². The Labute approximate surface area is 171 Å². The molecule has 152 valence electrons. The van der Waals surface area contributed by atoms with Gasteiger partial charge in [0.25, 0.3) is 5.91 Å². The van der Waals surface area contributed by atoms with Crippen molar-refractivity contribution in [1.29, 1.82) is 0 Å². The summed E-state index contributed by atoms with van der Waals surface area (Å²) in [4.78, 5) is 27.8. The summed E-state index contributed by atoms with van der Waals surface area (Å²) in [6, 6.07) is 17.7. The summed E-state index contributed by atoms with van der Waals surface area (Å²) in [5.41, 5.74) is 2.31. The van der Waals surface area contributed by atoms with Crippen LogP contribution in [0.1, 0.15) is 37.8 Å². The van der Waals surface area contributed by atoms with Crippen molar-refractivity contribution in [2.45, 2.75) is 37.8 Å². The summed E-state index contributed by atoms with van der Waals surface area (Å²) >= 11 is 0. The standard InChI is InChI=1S/C23H28N4O2/c1-17(18-7-3-2-4-8-18)25-21(28)11-16-27-20-10-6-5-9-19(20)26-23(22(27)29)12-14-24-15-13-23/h2-10,17,24,26H,11-16H2,1H3,(H,25,28)/t17-/m0/s1. The van der Waals surface area contributed by atoms with Crippen molar-refractivity contribution in [3.05, 3.63) is 60.2 Å². The number of hydrogen-bond donors (Lipinski definition) is 3. The van der Waals surface area contributed by atoms with Crippen molar-refractivity contribution >= 4 is 23.2 Å². The van der Waals surface area contributed by atoms with E-state index in [9.17, 15) is 9.59 Å². The molecule has 1 saturated heterocycles. The molecule has 2 amide bonds. The Morgan fingerprint density at radius 3 is 2.55 bits per heavy atom. The first-order chi connectivity index (χ1) is 14.1. The summed E-state index contributed by atoms with van der Waals surface area (Å²) in [7, 11) is 0. The van der Waals surface area contributed by atoms with E-state index in [4.69, 9.17) is 0 Å². The Balaban J connectivity index is 1.46. The fraction of sp³-hybridized carbons (Fsp3) is 0.391. The number of anilines is 2. The van der Waals surface area contributed by atoms with Gasteiger partial charge >= 0.3 is 0 Å². The SMILES string of the molecule is C[C@H](NC(=O)CCN1C(=O)C2(CCNCC2)Nc2ccccc21)c1ccccc1. The van der Waals surface area contributed by atoms with Crippen LogP contribution >= 0.6 is 0 Å². The molecule has 0 bridgehead atoms. The monoisotopic (exact) mass is 392 g/mol. The lowest BCUT2D eigenvalue weighted by Crippen LogP contribution is -2.61. The number of carbonyl (C=O) groups is 2. The largest absolute Gasteiger partial charge is 0.369 e. The Kier molecular flexibility index (Phi) is 5.53. The number of para-hydroxylation sites is 2. The third-order valence-corrected chi connectivity index (χ3v) is 5.92. The molecule has 2 aromatic carbocycles. The molecule has 1 spiro atoms. The maximum absolute atomic E-state index is 13.4. The molecule has 0 aliphatic carbocycles. The maximum atomic E-state index is 13.4. The molecule has 0 saturated carbocycles. The highest BCUT2D eigenvalue weighted by atomic mass is 16.2. The fourth-order valence-electron chi connectivity index (χ4n) is 4.26. The topological polar surface area (TPSA) is 73.5 Å². The van der Waals surface area contributed by atoms with Gasteiger partial charge in [0.2, 0.25) is 5.91 Å². The minimum absolute atomic E-state index is 0.0514. The maximum Gasteiger partial charge on any atom is 0.252 e. The minimum Gasteiger partial charge on any atom is -0.369 e. The van der Waals surface area contributed by atoms with Crippen molar-refractivity contribution in [2.24, 2.45) is 0 Å². The van der Waals surface area contributed by atoms with Gasteiger partial charge in [-0.05, 0) is 50.6 Å². The van der Waals surface area contributed by atoms with Crippen molar-refractivity contribution in [1.82, 2.24) is 10.6 Å². The van der Waals surface area contributed by atoms with E-state index in [1.54, 1.807) is 4.90 Å². The van der Waals surface area contributed by atoms with Crippen molar-refractivity contribution < 1.29 is 9.59 Å². The zero-order valence-electron chi connectivity index (χ0n) is 16.8. The van der Waals surface area contributed by atoms with Crippen LogP contribution in [-0.4, -0.2) is 37.0 Å². The van der Waals surface area contributed by atoms with Crippen LogP contribution in [0.25, 0.3) is 0 Å². The van der Waals surface area contributed by atoms with Crippen LogP contribution in [0, 0.1) is 0 Å². The molecule has 6 nitrogen and oxygen atoms in total. The van der Waals surface area contributed by atoms with Gasteiger partial charge in [0, 0.05) is 13.0 Å². The molecule has 0 aromatic heterocycles. The fourth-order valence-corrected chi connectivity index (χ4v) is 4.26. The summed E-state index contributed by atoms with van der Waals surface area (Å²) < 4.78 is 0. The smallest absolute Gasteiger partial charge is 0.252 e. The van der Waals surface area contributed by atoms with Crippen molar-refractivity contribution in [2.75, 3.05) is 29.9 Å². The molecular weight excluding hydrogens is 364 g/mol. The molecule has 2 aliphatic heterocycles. The second-order valence-corrected chi connectivity index (χ2v) is 7.88. The number of rotatable bonds is 5. The van der Waals surface area contributed by atoms with Gasteiger partial charge in [-0.25, -0.2) is 0 Å². The van der Waals surface area contributed by atoms with Gasteiger partial charge in [-0.1, -0.05) is 42.5 Å². The quantitative estimate of drug-likeness (QED) is 0.732. The number of piperidine rings is 1. The average molecular weight is 393 g/mol. The molecule has 2 aromatic rings. The molecule has 29 heavy (non-hydrogen) atoms. The molecule has 0 radical (unpaired) electrons. The van der Waals surface area contributed by atoms with Gasteiger partial charge in [-0.3, -0.25) is 9.59 Å². The van der Waals surface area contributed by atoms with E-state index in [0.717, 1.165) is 42.9 Å². The highest BCUT2D eigenvalue weighted by Gasteiger charge is 2.46. The van der Waals surface area contributed by atoms with Crippen LogP contribution in [-0.2, 0) is 9.59 Å². The zero-order valence-corrected chi connectivity index (χ0v) is 16.8. The molecule has 2 heterocycles. The molecule has 3 N–H and O–H groups in total. The predicted molar refractivity (Wildman–Crippen MR) is 115 cm³/mol. The van der Waals surface area contributed by atoms with Crippen molar-refractivity contribution in [3.63, 3.8) is 0 Å². The Bertz CT molecular complexity index is 877. The number of benzene rings is 2. The molecule has 4 rings (SSSR count). The van der Waals surface area contributed by atoms with Gasteiger partial charge in [-0.2, -0.15) is 0 Å². The lowest BCUT2D eigenvalue weighted by molar-refractivity contribution is -0.124. The Morgan fingerprint density at radius 2 is 1.79 bits per heavy atom. The molecule has 1 atom stereocenters. The first-order valence-corrected chi connectivity index (χ1v) is 10.3. The Hall–Kier alpha value is -2.86. The van der Waals surface area contributed by atoms with E-state index < -0.39 is 5.54 Å². The summed E-state index contributed by atoms with van der Waals surface area (Å²) in [5, 5.41) is 9.87. The van der Waals surface area contributed by atoms with E-state index in [-0.39, 0.29) is 24.3 Å². The number of carbonyl (C=O) groups excluding carboxylic acids is 2.